The second-order valence-corrected chi connectivity index (χ2v) is 6.92. The maximum Gasteiger partial charge on any atom is 0.222 e. The molecule has 0 radical (unpaired) electrons. The van der Waals surface area contributed by atoms with Gasteiger partial charge < -0.3 is 19.7 Å². The van der Waals surface area contributed by atoms with Crippen LogP contribution >= 0.6 is 12.4 Å². The van der Waals surface area contributed by atoms with Gasteiger partial charge in [-0.05, 0) is 31.0 Å². The van der Waals surface area contributed by atoms with Crippen LogP contribution in [0.2, 0.25) is 0 Å². The van der Waals surface area contributed by atoms with Gasteiger partial charge in [0.2, 0.25) is 5.88 Å². The predicted molar refractivity (Wildman–Crippen MR) is 106 cm³/mol. The Bertz CT molecular complexity index is 858. The zero-order valence-electron chi connectivity index (χ0n) is 15.4. The molecular formula is C20H22ClFN4O2. The molecule has 1 aromatic carbocycles. The Kier molecular flexibility index (Phi) is 6.35. The average Bonchev–Trinajstić information content (AvgIpc) is 2.69. The van der Waals surface area contributed by atoms with E-state index in [2.05, 4.69) is 21.3 Å². The lowest BCUT2D eigenvalue weighted by molar-refractivity contribution is -0.0800. The Morgan fingerprint density at radius 3 is 2.75 bits per heavy atom. The highest BCUT2D eigenvalue weighted by Gasteiger charge is 2.37. The van der Waals surface area contributed by atoms with Crippen LogP contribution in [0.25, 0.3) is 0 Å². The van der Waals surface area contributed by atoms with Gasteiger partial charge in [-0.2, -0.15) is 10.2 Å². The fraction of sp³-hybridized carbons (Fsp3) is 0.400. The lowest BCUT2D eigenvalue weighted by atomic mass is 9.90. The molecule has 8 heteroatoms. The van der Waals surface area contributed by atoms with Gasteiger partial charge >= 0.3 is 0 Å². The Labute approximate surface area is 169 Å². The van der Waals surface area contributed by atoms with Crippen molar-refractivity contribution in [1.82, 2.24) is 10.3 Å². The molecule has 0 amide bonds. The van der Waals surface area contributed by atoms with Gasteiger partial charge in [0.15, 0.2) is 0 Å². The summed E-state index contributed by atoms with van der Waals surface area (Å²) >= 11 is 0. The van der Waals surface area contributed by atoms with Crippen molar-refractivity contribution in [3.05, 3.63) is 47.8 Å². The first-order chi connectivity index (χ1) is 13.2. The number of ether oxygens (including phenoxy) is 2. The number of aromatic nitrogens is 1. The predicted octanol–water partition coefficient (Wildman–Crippen LogP) is 3.27. The van der Waals surface area contributed by atoms with Gasteiger partial charge in [0.05, 0.1) is 23.8 Å². The van der Waals surface area contributed by atoms with Crippen molar-refractivity contribution >= 4 is 18.2 Å². The van der Waals surface area contributed by atoms with E-state index in [-0.39, 0.29) is 29.7 Å². The van der Waals surface area contributed by atoms with E-state index in [1.165, 1.54) is 12.1 Å². The third kappa shape index (κ3) is 4.53. The summed E-state index contributed by atoms with van der Waals surface area (Å²) in [4.78, 5) is 6.68. The molecule has 3 heterocycles. The highest BCUT2D eigenvalue weighted by Crippen LogP contribution is 2.31. The zero-order valence-corrected chi connectivity index (χ0v) is 16.2. The van der Waals surface area contributed by atoms with E-state index in [0.29, 0.717) is 17.1 Å². The summed E-state index contributed by atoms with van der Waals surface area (Å²) in [6.07, 6.45) is 1.80. The highest BCUT2D eigenvalue weighted by atomic mass is 35.5. The SMILES string of the molecule is Cl.N#Cc1cc(Oc2cccc(F)c2)nc(N2CCC3(CC2)CNCCO3)c1. The van der Waals surface area contributed by atoms with Crippen LogP contribution in [0.15, 0.2) is 36.4 Å². The summed E-state index contributed by atoms with van der Waals surface area (Å²) < 4.78 is 25.1. The molecule has 1 spiro atoms. The molecule has 0 aliphatic carbocycles. The summed E-state index contributed by atoms with van der Waals surface area (Å²) in [7, 11) is 0. The third-order valence-corrected chi connectivity index (χ3v) is 5.07. The van der Waals surface area contributed by atoms with Crippen molar-refractivity contribution in [3.63, 3.8) is 0 Å². The molecule has 2 aliphatic rings. The van der Waals surface area contributed by atoms with E-state index in [4.69, 9.17) is 9.47 Å². The summed E-state index contributed by atoms with van der Waals surface area (Å²) in [6.45, 7) is 4.11. The highest BCUT2D eigenvalue weighted by molar-refractivity contribution is 5.85. The van der Waals surface area contributed by atoms with Crippen molar-refractivity contribution in [2.24, 2.45) is 0 Å². The Hall–Kier alpha value is -2.40. The number of rotatable bonds is 3. The first kappa shape index (κ1) is 20.3. The first-order valence-electron chi connectivity index (χ1n) is 9.11. The molecule has 28 heavy (non-hydrogen) atoms. The number of nitriles is 1. The van der Waals surface area contributed by atoms with E-state index in [9.17, 15) is 9.65 Å². The number of nitrogens with zero attached hydrogens (tertiary/aromatic N) is 3. The molecule has 2 aliphatic heterocycles. The van der Waals surface area contributed by atoms with Crippen molar-refractivity contribution < 1.29 is 13.9 Å². The number of halogens is 2. The van der Waals surface area contributed by atoms with Crippen LogP contribution in [0.4, 0.5) is 10.2 Å². The molecule has 0 saturated carbocycles. The number of hydrogen-bond donors (Lipinski definition) is 1. The number of anilines is 1. The van der Waals surface area contributed by atoms with Gasteiger partial charge in [0.1, 0.15) is 17.4 Å². The summed E-state index contributed by atoms with van der Waals surface area (Å²) in [6, 6.07) is 11.3. The minimum absolute atomic E-state index is 0. The fourth-order valence-electron chi connectivity index (χ4n) is 3.59. The van der Waals surface area contributed by atoms with Gasteiger partial charge in [0, 0.05) is 38.3 Å². The van der Waals surface area contributed by atoms with E-state index in [1.807, 2.05) is 0 Å². The van der Waals surface area contributed by atoms with Gasteiger partial charge in [-0.1, -0.05) is 6.07 Å². The van der Waals surface area contributed by atoms with Gasteiger partial charge in [-0.15, -0.1) is 12.4 Å². The number of nitrogens with one attached hydrogen (secondary N) is 1. The van der Waals surface area contributed by atoms with Crippen molar-refractivity contribution in [3.8, 4) is 17.7 Å². The number of piperidine rings is 1. The quantitative estimate of drug-likeness (QED) is 0.846. The summed E-state index contributed by atoms with van der Waals surface area (Å²) in [5, 5.41) is 12.8. The smallest absolute Gasteiger partial charge is 0.222 e. The average molecular weight is 405 g/mol. The number of hydrogen-bond acceptors (Lipinski definition) is 6. The topological polar surface area (TPSA) is 70.4 Å². The van der Waals surface area contributed by atoms with Crippen LogP contribution in [-0.2, 0) is 4.74 Å². The van der Waals surface area contributed by atoms with E-state index >= 15 is 0 Å². The number of benzene rings is 1. The molecule has 4 rings (SSSR count). The molecule has 6 nitrogen and oxygen atoms in total. The largest absolute Gasteiger partial charge is 0.439 e. The molecule has 1 aromatic heterocycles. The number of pyridine rings is 1. The lowest BCUT2D eigenvalue weighted by Gasteiger charge is -2.44. The van der Waals surface area contributed by atoms with Crippen molar-refractivity contribution in [2.75, 3.05) is 37.7 Å². The van der Waals surface area contributed by atoms with Crippen LogP contribution in [0.5, 0.6) is 11.6 Å². The normalized spacial score (nSPS) is 18.2. The van der Waals surface area contributed by atoms with Crippen molar-refractivity contribution in [1.29, 1.82) is 5.26 Å². The summed E-state index contributed by atoms with van der Waals surface area (Å²) in [5.41, 5.74) is 0.366. The Morgan fingerprint density at radius 2 is 2.07 bits per heavy atom. The first-order valence-corrected chi connectivity index (χ1v) is 9.11. The molecule has 2 saturated heterocycles. The molecular weight excluding hydrogens is 383 g/mol. The summed E-state index contributed by atoms with van der Waals surface area (Å²) in [5.74, 6) is 0.944. The molecule has 148 valence electrons. The van der Waals surface area contributed by atoms with E-state index < -0.39 is 0 Å². The van der Waals surface area contributed by atoms with E-state index in [1.54, 1.807) is 24.3 Å². The minimum Gasteiger partial charge on any atom is -0.439 e. The van der Waals surface area contributed by atoms with Gasteiger partial charge in [0.25, 0.3) is 0 Å². The van der Waals surface area contributed by atoms with Gasteiger partial charge in [-0.25, -0.2) is 4.39 Å². The minimum atomic E-state index is -0.383. The monoisotopic (exact) mass is 404 g/mol. The maximum absolute atomic E-state index is 13.4. The lowest BCUT2D eigenvalue weighted by Crippen LogP contribution is -2.55. The molecule has 2 aromatic rings. The second-order valence-electron chi connectivity index (χ2n) is 6.92. The molecule has 0 bridgehead atoms. The van der Waals surface area contributed by atoms with Crippen LogP contribution in [0, 0.1) is 17.1 Å². The third-order valence-electron chi connectivity index (χ3n) is 5.07. The van der Waals surface area contributed by atoms with Crippen LogP contribution in [0.1, 0.15) is 18.4 Å². The van der Waals surface area contributed by atoms with Crippen LogP contribution < -0.4 is 15.0 Å². The standard InChI is InChI=1S/C20H21FN4O2.ClH/c21-16-2-1-3-17(12-16)27-19-11-15(13-22)10-18(24-19)25-7-4-20(5-8-25)14-23-6-9-26-20;/h1-3,10-12,23H,4-9,14H2;1H. The van der Waals surface area contributed by atoms with Crippen LogP contribution in [0.3, 0.4) is 0 Å². The second kappa shape index (κ2) is 8.74. The molecule has 2 fully saturated rings. The Morgan fingerprint density at radius 1 is 1.25 bits per heavy atom. The molecule has 1 N–H and O–H groups in total. The molecule has 0 atom stereocenters. The van der Waals surface area contributed by atoms with Crippen LogP contribution in [-0.4, -0.2) is 43.4 Å². The van der Waals surface area contributed by atoms with E-state index in [0.717, 1.165) is 45.6 Å². The Balaban J connectivity index is 0.00000225. The zero-order chi connectivity index (χ0) is 18.7. The molecule has 0 unspecified atom stereocenters. The maximum atomic E-state index is 13.4. The van der Waals surface area contributed by atoms with Gasteiger partial charge in [-0.3, -0.25) is 0 Å². The number of morpholine rings is 1. The fourth-order valence-corrected chi connectivity index (χ4v) is 3.59. The van der Waals surface area contributed by atoms with Crippen molar-refractivity contribution in [2.45, 2.75) is 18.4 Å².